The second-order valence-electron chi connectivity index (χ2n) is 7.80. The molecule has 4 rings (SSSR count). The Hall–Kier alpha value is -3.02. The molecule has 2 aliphatic rings. The van der Waals surface area contributed by atoms with Crippen LogP contribution in [0.25, 0.3) is 0 Å². The van der Waals surface area contributed by atoms with Crippen LogP contribution >= 0.6 is 0 Å². The quantitative estimate of drug-likeness (QED) is 0.798. The smallest absolute Gasteiger partial charge is 0.321 e. The zero-order chi connectivity index (χ0) is 19.9. The molecule has 1 saturated heterocycles. The molecule has 28 heavy (non-hydrogen) atoms. The summed E-state index contributed by atoms with van der Waals surface area (Å²) in [5, 5.41) is 6.23. The number of rotatable bonds is 1. The monoisotopic (exact) mass is 378 g/mol. The Morgan fingerprint density at radius 1 is 1.11 bits per heavy atom. The molecule has 0 bridgehead atoms. The Morgan fingerprint density at radius 3 is 2.57 bits per heavy atom. The molecule has 2 aromatic carbocycles. The second-order valence-corrected chi connectivity index (χ2v) is 7.80. The highest BCUT2D eigenvalue weighted by Crippen LogP contribution is 2.36. The first-order chi connectivity index (χ1) is 13.4. The van der Waals surface area contributed by atoms with Crippen LogP contribution in [0.5, 0.6) is 0 Å². The number of fused-ring (bicyclic) bond motifs is 1. The van der Waals surface area contributed by atoms with Crippen molar-refractivity contribution < 1.29 is 9.59 Å². The predicted octanol–water partition coefficient (Wildman–Crippen LogP) is 3.51. The van der Waals surface area contributed by atoms with Gasteiger partial charge in [-0.05, 0) is 43.2 Å². The molecule has 0 aromatic heterocycles. The van der Waals surface area contributed by atoms with E-state index in [-0.39, 0.29) is 11.9 Å². The molecule has 1 spiro atoms. The lowest BCUT2D eigenvalue weighted by Crippen LogP contribution is -2.67. The van der Waals surface area contributed by atoms with E-state index in [1.165, 1.54) is 0 Å². The molecule has 0 saturated carbocycles. The van der Waals surface area contributed by atoms with Crippen molar-refractivity contribution in [2.24, 2.45) is 0 Å². The maximum Gasteiger partial charge on any atom is 0.321 e. The van der Waals surface area contributed by atoms with Crippen LogP contribution in [0.3, 0.4) is 0 Å². The minimum absolute atomic E-state index is 0.0398. The van der Waals surface area contributed by atoms with Crippen LogP contribution in [0.15, 0.2) is 42.5 Å². The third-order valence-electron chi connectivity index (χ3n) is 6.01. The number of nitrogens with one attached hydrogen (secondary N) is 2. The molecule has 2 N–H and O–H groups in total. The first kappa shape index (κ1) is 18.3. The third-order valence-corrected chi connectivity index (χ3v) is 6.01. The summed E-state index contributed by atoms with van der Waals surface area (Å²) in [4.78, 5) is 29.3. The molecule has 0 radical (unpaired) electrons. The molecule has 6 nitrogen and oxygen atoms in total. The molecule has 3 amide bonds. The summed E-state index contributed by atoms with van der Waals surface area (Å²) >= 11 is 0. The maximum atomic E-state index is 12.8. The number of anilines is 2. The molecule has 6 heteroatoms. The van der Waals surface area contributed by atoms with Gasteiger partial charge < -0.3 is 20.4 Å². The lowest BCUT2D eigenvalue weighted by Gasteiger charge is -2.51. The van der Waals surface area contributed by atoms with E-state index >= 15 is 0 Å². The normalized spacial score (nSPS) is 17.9. The van der Waals surface area contributed by atoms with Gasteiger partial charge in [0, 0.05) is 38.7 Å². The third kappa shape index (κ3) is 3.09. The Labute approximate surface area is 165 Å². The van der Waals surface area contributed by atoms with Crippen molar-refractivity contribution in [1.82, 2.24) is 10.2 Å². The van der Waals surface area contributed by atoms with E-state index in [1.54, 1.807) is 0 Å². The first-order valence-electron chi connectivity index (χ1n) is 9.68. The summed E-state index contributed by atoms with van der Waals surface area (Å²) < 4.78 is 0. The maximum absolute atomic E-state index is 12.8. The van der Waals surface area contributed by atoms with Crippen LogP contribution in [-0.4, -0.2) is 42.6 Å². The predicted molar refractivity (Wildman–Crippen MR) is 111 cm³/mol. The molecule has 0 aliphatic carbocycles. The molecular weight excluding hydrogens is 352 g/mol. The summed E-state index contributed by atoms with van der Waals surface area (Å²) in [5.41, 5.74) is 4.21. The lowest BCUT2D eigenvalue weighted by atomic mass is 9.90. The summed E-state index contributed by atoms with van der Waals surface area (Å²) in [7, 11) is 2.02. The SMILES string of the molecule is Cc1ccc(C)c(NC(=O)N2CCC3(CC2)NC(=O)c2ccccc2N3C)c1. The minimum atomic E-state index is -0.443. The number of urea groups is 1. The summed E-state index contributed by atoms with van der Waals surface area (Å²) in [6, 6.07) is 13.6. The second kappa shape index (κ2) is 6.86. The average Bonchev–Trinajstić information content (AvgIpc) is 2.69. The molecular formula is C22H26N4O2. The number of nitrogens with zero attached hydrogens (tertiary/aromatic N) is 2. The molecule has 0 unspecified atom stereocenters. The highest BCUT2D eigenvalue weighted by molar-refractivity contribution is 6.02. The summed E-state index contributed by atoms with van der Waals surface area (Å²) in [6.07, 6.45) is 1.37. The van der Waals surface area contributed by atoms with E-state index in [4.69, 9.17) is 0 Å². The average molecular weight is 378 g/mol. The largest absolute Gasteiger partial charge is 0.351 e. The first-order valence-corrected chi connectivity index (χ1v) is 9.68. The Bertz CT molecular complexity index is 932. The van der Waals surface area contributed by atoms with Gasteiger partial charge in [0.25, 0.3) is 5.91 Å². The van der Waals surface area contributed by atoms with E-state index in [1.807, 2.05) is 68.3 Å². The number of piperidine rings is 1. The number of hydrogen-bond acceptors (Lipinski definition) is 3. The van der Waals surface area contributed by atoms with Gasteiger partial charge in [-0.1, -0.05) is 24.3 Å². The zero-order valence-corrected chi connectivity index (χ0v) is 16.6. The molecule has 1 fully saturated rings. The molecule has 0 atom stereocenters. The van der Waals surface area contributed by atoms with Crippen LogP contribution in [0, 0.1) is 13.8 Å². The number of carbonyl (C=O) groups excluding carboxylic acids is 2. The van der Waals surface area contributed by atoms with Gasteiger partial charge >= 0.3 is 6.03 Å². The van der Waals surface area contributed by atoms with E-state index in [0.717, 1.165) is 22.5 Å². The van der Waals surface area contributed by atoms with Crippen molar-refractivity contribution in [3.63, 3.8) is 0 Å². The lowest BCUT2D eigenvalue weighted by molar-refractivity contribution is 0.0815. The Kier molecular flexibility index (Phi) is 4.49. The van der Waals surface area contributed by atoms with E-state index in [0.29, 0.717) is 31.5 Å². The fourth-order valence-corrected chi connectivity index (χ4v) is 4.16. The van der Waals surface area contributed by atoms with Crippen LogP contribution < -0.4 is 15.5 Å². The van der Waals surface area contributed by atoms with Crippen molar-refractivity contribution in [2.45, 2.75) is 32.4 Å². The van der Waals surface area contributed by atoms with Gasteiger partial charge in [0.1, 0.15) is 5.66 Å². The van der Waals surface area contributed by atoms with Crippen LogP contribution in [-0.2, 0) is 0 Å². The Balaban J connectivity index is 1.47. The molecule has 2 heterocycles. The van der Waals surface area contributed by atoms with Gasteiger partial charge in [-0.2, -0.15) is 0 Å². The van der Waals surface area contributed by atoms with Gasteiger partial charge in [-0.15, -0.1) is 0 Å². The number of aryl methyl sites for hydroxylation is 2. The highest BCUT2D eigenvalue weighted by atomic mass is 16.2. The molecule has 2 aliphatic heterocycles. The van der Waals surface area contributed by atoms with Crippen molar-refractivity contribution >= 4 is 23.3 Å². The molecule has 146 valence electrons. The van der Waals surface area contributed by atoms with Crippen molar-refractivity contribution in [1.29, 1.82) is 0 Å². The summed E-state index contributed by atoms with van der Waals surface area (Å²) in [6.45, 7) is 5.18. The Morgan fingerprint density at radius 2 is 1.82 bits per heavy atom. The fraction of sp³-hybridized carbons (Fsp3) is 0.364. The van der Waals surface area contributed by atoms with Crippen LogP contribution in [0.4, 0.5) is 16.2 Å². The van der Waals surface area contributed by atoms with Gasteiger partial charge in [0.15, 0.2) is 0 Å². The van der Waals surface area contributed by atoms with Gasteiger partial charge in [0.2, 0.25) is 0 Å². The number of likely N-dealkylation sites (tertiary alicyclic amines) is 1. The van der Waals surface area contributed by atoms with Crippen LogP contribution in [0.2, 0.25) is 0 Å². The van der Waals surface area contributed by atoms with E-state index in [2.05, 4.69) is 15.5 Å². The number of carbonyl (C=O) groups is 2. The molecule has 2 aromatic rings. The minimum Gasteiger partial charge on any atom is -0.351 e. The standard InChI is InChI=1S/C22H26N4O2/c1-15-8-9-16(2)18(14-15)23-21(28)26-12-10-22(11-13-26)24-20(27)17-6-4-5-7-19(17)25(22)3/h4-9,14H,10-13H2,1-3H3,(H,23,28)(H,24,27). The topological polar surface area (TPSA) is 64.7 Å². The van der Waals surface area contributed by atoms with E-state index < -0.39 is 5.66 Å². The van der Waals surface area contributed by atoms with E-state index in [9.17, 15) is 9.59 Å². The number of hydrogen-bond donors (Lipinski definition) is 2. The zero-order valence-electron chi connectivity index (χ0n) is 16.6. The van der Waals surface area contributed by atoms with Crippen molar-refractivity contribution in [3.8, 4) is 0 Å². The fourth-order valence-electron chi connectivity index (χ4n) is 4.16. The van der Waals surface area contributed by atoms with Gasteiger partial charge in [0.05, 0.1) is 11.3 Å². The number of amides is 3. The van der Waals surface area contributed by atoms with Gasteiger partial charge in [-0.3, -0.25) is 4.79 Å². The number of para-hydroxylation sites is 1. The number of benzene rings is 2. The summed E-state index contributed by atoms with van der Waals surface area (Å²) in [5.74, 6) is -0.0398. The van der Waals surface area contributed by atoms with Crippen molar-refractivity contribution in [3.05, 3.63) is 59.2 Å². The highest BCUT2D eigenvalue weighted by Gasteiger charge is 2.44. The van der Waals surface area contributed by atoms with Crippen LogP contribution in [0.1, 0.15) is 34.3 Å². The van der Waals surface area contributed by atoms with Gasteiger partial charge in [-0.25, -0.2) is 4.79 Å². The van der Waals surface area contributed by atoms with Crippen molar-refractivity contribution in [2.75, 3.05) is 30.4 Å².